The summed E-state index contributed by atoms with van der Waals surface area (Å²) in [5.41, 5.74) is 1.82. The van der Waals surface area contributed by atoms with Gasteiger partial charge < -0.3 is 0 Å². The summed E-state index contributed by atoms with van der Waals surface area (Å²) >= 11 is 9.26. The lowest BCUT2D eigenvalue weighted by Gasteiger charge is -2.09. The minimum Gasteiger partial charge on any atom is -0.293 e. The molecule has 0 aliphatic heterocycles. The second-order valence-corrected chi connectivity index (χ2v) is 5.57. The standard InChI is InChI=1S/C15H12BrClO/c16-14(10-11-4-2-1-3-5-11)15(18)12-6-8-13(17)9-7-12/h1-9,14H,10H2. The molecule has 3 heteroatoms. The minimum absolute atomic E-state index is 0.0792. The molecule has 1 atom stereocenters. The van der Waals surface area contributed by atoms with Gasteiger partial charge in [0.05, 0.1) is 4.83 Å². The van der Waals surface area contributed by atoms with Gasteiger partial charge in [-0.2, -0.15) is 0 Å². The first kappa shape index (κ1) is 13.3. The summed E-state index contributed by atoms with van der Waals surface area (Å²) in [5.74, 6) is 0.0792. The van der Waals surface area contributed by atoms with Crippen LogP contribution in [0, 0.1) is 0 Å². The van der Waals surface area contributed by atoms with Crippen molar-refractivity contribution in [2.45, 2.75) is 11.2 Å². The molecule has 0 N–H and O–H groups in total. The molecule has 0 spiro atoms. The van der Waals surface area contributed by atoms with Crippen molar-refractivity contribution in [2.75, 3.05) is 0 Å². The van der Waals surface area contributed by atoms with Gasteiger partial charge in [0.2, 0.25) is 0 Å². The number of carbonyl (C=O) groups is 1. The zero-order chi connectivity index (χ0) is 13.0. The Morgan fingerprint density at radius 1 is 1.06 bits per heavy atom. The van der Waals surface area contributed by atoms with Crippen LogP contribution in [0.25, 0.3) is 0 Å². The first-order chi connectivity index (χ1) is 8.66. The first-order valence-corrected chi connectivity index (χ1v) is 6.94. The maximum atomic E-state index is 12.2. The van der Waals surface area contributed by atoms with E-state index in [4.69, 9.17) is 11.6 Å². The van der Waals surface area contributed by atoms with Crippen LogP contribution in [0.1, 0.15) is 15.9 Å². The Morgan fingerprint density at radius 3 is 2.28 bits per heavy atom. The van der Waals surface area contributed by atoms with Crippen molar-refractivity contribution in [3.8, 4) is 0 Å². The van der Waals surface area contributed by atoms with Crippen molar-refractivity contribution < 1.29 is 4.79 Å². The summed E-state index contributed by atoms with van der Waals surface area (Å²) in [4.78, 5) is 12.0. The molecule has 92 valence electrons. The summed E-state index contributed by atoms with van der Waals surface area (Å²) < 4.78 is 0. The summed E-state index contributed by atoms with van der Waals surface area (Å²) in [6, 6.07) is 16.9. The number of alkyl halides is 1. The van der Waals surface area contributed by atoms with E-state index in [9.17, 15) is 4.79 Å². The molecule has 0 saturated heterocycles. The van der Waals surface area contributed by atoms with Gasteiger partial charge in [0.1, 0.15) is 0 Å². The van der Waals surface area contributed by atoms with E-state index in [-0.39, 0.29) is 10.6 Å². The molecule has 1 nitrogen and oxygen atoms in total. The largest absolute Gasteiger partial charge is 0.293 e. The van der Waals surface area contributed by atoms with Crippen molar-refractivity contribution >= 4 is 33.3 Å². The van der Waals surface area contributed by atoms with E-state index in [1.165, 1.54) is 0 Å². The normalized spacial score (nSPS) is 12.1. The van der Waals surface area contributed by atoms with Crippen LogP contribution in [-0.2, 0) is 6.42 Å². The minimum atomic E-state index is -0.207. The molecule has 0 aliphatic carbocycles. The highest BCUT2D eigenvalue weighted by atomic mass is 79.9. The van der Waals surface area contributed by atoms with Gasteiger partial charge in [0.15, 0.2) is 5.78 Å². The third kappa shape index (κ3) is 3.44. The first-order valence-electron chi connectivity index (χ1n) is 5.64. The number of carbonyl (C=O) groups excluding carboxylic acids is 1. The van der Waals surface area contributed by atoms with Gasteiger partial charge >= 0.3 is 0 Å². The fourth-order valence-corrected chi connectivity index (χ4v) is 2.47. The van der Waals surface area contributed by atoms with E-state index in [1.54, 1.807) is 24.3 Å². The van der Waals surface area contributed by atoms with Crippen LogP contribution in [0.2, 0.25) is 5.02 Å². The number of halogens is 2. The SMILES string of the molecule is O=C(c1ccc(Cl)cc1)C(Br)Cc1ccccc1. The van der Waals surface area contributed by atoms with Crippen molar-refractivity contribution in [3.05, 3.63) is 70.7 Å². The van der Waals surface area contributed by atoms with E-state index in [2.05, 4.69) is 15.9 Å². The molecule has 0 aliphatic rings. The van der Waals surface area contributed by atoms with Crippen molar-refractivity contribution in [2.24, 2.45) is 0 Å². The third-order valence-corrected chi connectivity index (χ3v) is 3.66. The van der Waals surface area contributed by atoms with Gasteiger partial charge in [-0.25, -0.2) is 0 Å². The lowest BCUT2D eigenvalue weighted by molar-refractivity contribution is 0.0991. The number of benzene rings is 2. The lowest BCUT2D eigenvalue weighted by atomic mass is 10.0. The highest BCUT2D eigenvalue weighted by Crippen LogP contribution is 2.17. The zero-order valence-electron chi connectivity index (χ0n) is 9.64. The summed E-state index contributed by atoms with van der Waals surface area (Å²) in [6.07, 6.45) is 0.683. The Morgan fingerprint density at radius 2 is 1.67 bits per heavy atom. The Bertz CT molecular complexity index is 522. The second-order valence-electron chi connectivity index (χ2n) is 4.03. The van der Waals surface area contributed by atoms with Gasteiger partial charge in [-0.15, -0.1) is 0 Å². The van der Waals surface area contributed by atoms with Gasteiger partial charge in [-0.1, -0.05) is 57.9 Å². The molecule has 1 unspecified atom stereocenters. The maximum absolute atomic E-state index is 12.2. The monoisotopic (exact) mass is 322 g/mol. The molecule has 0 radical (unpaired) electrons. The van der Waals surface area contributed by atoms with Crippen LogP contribution in [0.3, 0.4) is 0 Å². The highest BCUT2D eigenvalue weighted by Gasteiger charge is 2.17. The Labute approximate surface area is 120 Å². The Balaban J connectivity index is 2.07. The van der Waals surface area contributed by atoms with Crippen LogP contribution in [-0.4, -0.2) is 10.6 Å². The smallest absolute Gasteiger partial charge is 0.176 e. The molecule has 0 aromatic heterocycles. The van der Waals surface area contributed by atoms with Crippen LogP contribution < -0.4 is 0 Å². The number of rotatable bonds is 4. The van der Waals surface area contributed by atoms with E-state index < -0.39 is 0 Å². The summed E-state index contributed by atoms with van der Waals surface area (Å²) in [5, 5.41) is 0.640. The molecule has 0 amide bonds. The number of hydrogen-bond donors (Lipinski definition) is 0. The zero-order valence-corrected chi connectivity index (χ0v) is 12.0. The molecule has 2 rings (SSSR count). The highest BCUT2D eigenvalue weighted by molar-refractivity contribution is 9.10. The van der Waals surface area contributed by atoms with E-state index in [1.807, 2.05) is 30.3 Å². The molecule has 0 saturated carbocycles. The van der Waals surface area contributed by atoms with Crippen molar-refractivity contribution in [1.82, 2.24) is 0 Å². The average Bonchev–Trinajstić information content (AvgIpc) is 2.40. The predicted molar refractivity (Wildman–Crippen MR) is 78.6 cm³/mol. The average molecular weight is 324 g/mol. The quantitative estimate of drug-likeness (QED) is 0.597. The predicted octanol–water partition coefficient (Wildman–Crippen LogP) is 4.53. The molecule has 0 fully saturated rings. The van der Waals surface area contributed by atoms with Crippen molar-refractivity contribution in [1.29, 1.82) is 0 Å². The lowest BCUT2D eigenvalue weighted by Crippen LogP contribution is -2.16. The summed E-state index contributed by atoms with van der Waals surface area (Å²) in [7, 11) is 0. The topological polar surface area (TPSA) is 17.1 Å². The Kier molecular flexibility index (Phi) is 4.56. The van der Waals surface area contributed by atoms with Gasteiger partial charge in [-0.3, -0.25) is 4.79 Å². The van der Waals surface area contributed by atoms with Gasteiger partial charge in [-0.05, 0) is 36.2 Å². The van der Waals surface area contributed by atoms with Crippen LogP contribution in [0.4, 0.5) is 0 Å². The molecular formula is C15H12BrClO. The van der Waals surface area contributed by atoms with Gasteiger partial charge in [0, 0.05) is 10.6 Å². The molecular weight excluding hydrogens is 312 g/mol. The van der Waals surface area contributed by atoms with Crippen LogP contribution >= 0.6 is 27.5 Å². The third-order valence-electron chi connectivity index (χ3n) is 2.67. The van der Waals surface area contributed by atoms with E-state index in [0.29, 0.717) is 17.0 Å². The van der Waals surface area contributed by atoms with E-state index in [0.717, 1.165) is 5.56 Å². The number of Topliss-reactive ketones (excluding diaryl/α,β-unsaturated/α-hetero) is 1. The molecule has 2 aromatic carbocycles. The van der Waals surface area contributed by atoms with Crippen LogP contribution in [0.5, 0.6) is 0 Å². The van der Waals surface area contributed by atoms with Crippen molar-refractivity contribution in [3.63, 3.8) is 0 Å². The van der Waals surface area contributed by atoms with E-state index >= 15 is 0 Å². The molecule has 0 bridgehead atoms. The maximum Gasteiger partial charge on any atom is 0.176 e. The Hall–Kier alpha value is -1.12. The fourth-order valence-electron chi connectivity index (χ4n) is 1.71. The van der Waals surface area contributed by atoms with Crippen LogP contribution in [0.15, 0.2) is 54.6 Å². The second kappa shape index (κ2) is 6.17. The number of ketones is 1. The van der Waals surface area contributed by atoms with Gasteiger partial charge in [0.25, 0.3) is 0 Å². The molecule has 2 aromatic rings. The molecule has 0 heterocycles. The number of hydrogen-bond acceptors (Lipinski definition) is 1. The summed E-state index contributed by atoms with van der Waals surface area (Å²) in [6.45, 7) is 0. The molecule has 18 heavy (non-hydrogen) atoms. The fraction of sp³-hybridized carbons (Fsp3) is 0.133.